The van der Waals surface area contributed by atoms with Crippen LogP contribution in [0.4, 0.5) is 14.5 Å². The first-order valence-electron chi connectivity index (χ1n) is 9.30. The molecule has 0 aliphatic carbocycles. The Kier molecular flexibility index (Phi) is 7.53. The van der Waals surface area contributed by atoms with E-state index < -0.39 is 34.1 Å². The van der Waals surface area contributed by atoms with Crippen LogP contribution >= 0.6 is 15.9 Å². The Labute approximate surface area is 187 Å². The summed E-state index contributed by atoms with van der Waals surface area (Å²) in [5.41, 5.74) is 0.680. The van der Waals surface area contributed by atoms with Crippen molar-refractivity contribution in [2.75, 3.05) is 18.4 Å². The van der Waals surface area contributed by atoms with Crippen molar-refractivity contribution in [2.24, 2.45) is 0 Å². The molecule has 3 aromatic carbocycles. The molecular weight excluding hydrogens is 490 g/mol. The van der Waals surface area contributed by atoms with E-state index in [9.17, 15) is 22.0 Å². The van der Waals surface area contributed by atoms with Crippen molar-refractivity contribution < 1.29 is 22.0 Å². The van der Waals surface area contributed by atoms with E-state index in [1.54, 1.807) is 12.1 Å². The van der Waals surface area contributed by atoms with Crippen molar-refractivity contribution in [2.45, 2.75) is 11.3 Å². The van der Waals surface area contributed by atoms with Gasteiger partial charge in [-0.1, -0.05) is 46.3 Å². The maximum absolute atomic E-state index is 13.9. The number of hydrogen-bond acceptors (Lipinski definition) is 3. The molecule has 0 unspecified atom stereocenters. The van der Waals surface area contributed by atoms with Gasteiger partial charge < -0.3 is 5.32 Å². The molecule has 1 N–H and O–H groups in total. The number of nitrogens with zero attached hydrogens (tertiary/aromatic N) is 1. The van der Waals surface area contributed by atoms with Crippen molar-refractivity contribution in [3.05, 3.63) is 94.5 Å². The first-order chi connectivity index (χ1) is 14.8. The first kappa shape index (κ1) is 23.1. The monoisotopic (exact) mass is 508 g/mol. The molecule has 0 aliphatic heterocycles. The maximum Gasteiger partial charge on any atom is 0.243 e. The fourth-order valence-corrected chi connectivity index (χ4v) is 4.54. The summed E-state index contributed by atoms with van der Waals surface area (Å²) in [5, 5.41) is 2.30. The zero-order valence-electron chi connectivity index (χ0n) is 16.3. The van der Waals surface area contributed by atoms with E-state index in [1.807, 2.05) is 30.3 Å². The van der Waals surface area contributed by atoms with E-state index in [2.05, 4.69) is 21.2 Å². The molecule has 162 valence electrons. The second kappa shape index (κ2) is 10.1. The van der Waals surface area contributed by atoms with E-state index in [0.717, 1.165) is 22.0 Å². The van der Waals surface area contributed by atoms with Crippen LogP contribution in [0, 0.1) is 11.6 Å². The largest absolute Gasteiger partial charge is 0.322 e. The second-order valence-corrected chi connectivity index (χ2v) is 9.55. The quantitative estimate of drug-likeness (QED) is 0.483. The number of carbonyl (C=O) groups is 1. The molecule has 9 heteroatoms. The molecule has 0 atom stereocenters. The van der Waals surface area contributed by atoms with Gasteiger partial charge in [0.25, 0.3) is 0 Å². The minimum Gasteiger partial charge on any atom is -0.322 e. The van der Waals surface area contributed by atoms with Crippen LogP contribution in [0.5, 0.6) is 0 Å². The average molecular weight is 509 g/mol. The van der Waals surface area contributed by atoms with Crippen LogP contribution in [0.25, 0.3) is 0 Å². The number of anilines is 1. The molecule has 3 aromatic rings. The molecular formula is C22H19BrF2N2O3S. The highest BCUT2D eigenvalue weighted by Gasteiger charge is 2.27. The van der Waals surface area contributed by atoms with Crippen molar-refractivity contribution in [1.82, 2.24) is 4.31 Å². The van der Waals surface area contributed by atoms with Gasteiger partial charge in [-0.2, -0.15) is 4.31 Å². The van der Waals surface area contributed by atoms with Crippen LogP contribution in [0.15, 0.2) is 82.2 Å². The number of nitrogens with one attached hydrogen (secondary N) is 1. The molecule has 0 heterocycles. The van der Waals surface area contributed by atoms with Gasteiger partial charge >= 0.3 is 0 Å². The molecule has 0 saturated carbocycles. The van der Waals surface area contributed by atoms with Gasteiger partial charge in [0.1, 0.15) is 11.6 Å². The molecule has 0 radical (unpaired) electrons. The van der Waals surface area contributed by atoms with Gasteiger partial charge in [0, 0.05) is 17.1 Å². The van der Waals surface area contributed by atoms with Gasteiger partial charge in [-0.15, -0.1) is 0 Å². The summed E-state index contributed by atoms with van der Waals surface area (Å²) in [7, 11) is -3.99. The lowest BCUT2D eigenvalue weighted by atomic mass is 10.1. The topological polar surface area (TPSA) is 66.5 Å². The summed E-state index contributed by atoms with van der Waals surface area (Å²) in [6.07, 6.45) is 0.384. The Morgan fingerprint density at radius 1 is 0.968 bits per heavy atom. The standard InChI is InChI=1S/C22H19BrF2N2O3S/c23-17-6-9-19(10-7-17)31(29,30)27(13-12-16-4-2-1-3-5-16)15-22(28)26-21-11-8-18(24)14-20(21)25/h1-11,14H,12-13,15H2,(H,26,28). The number of benzene rings is 3. The Morgan fingerprint density at radius 2 is 1.65 bits per heavy atom. The summed E-state index contributed by atoms with van der Waals surface area (Å²) in [4.78, 5) is 12.6. The number of hydrogen-bond donors (Lipinski definition) is 1. The number of amides is 1. The van der Waals surface area contributed by atoms with Gasteiger partial charge in [-0.05, 0) is 48.4 Å². The lowest BCUT2D eigenvalue weighted by molar-refractivity contribution is -0.116. The number of sulfonamides is 1. The van der Waals surface area contributed by atoms with Crippen LogP contribution < -0.4 is 5.32 Å². The Balaban J connectivity index is 1.82. The van der Waals surface area contributed by atoms with Crippen molar-refractivity contribution in [1.29, 1.82) is 0 Å². The zero-order valence-corrected chi connectivity index (χ0v) is 18.7. The summed E-state index contributed by atoms with van der Waals surface area (Å²) in [6, 6.07) is 18.0. The predicted octanol–water partition coefficient (Wildman–Crippen LogP) is 4.60. The van der Waals surface area contributed by atoms with Gasteiger partial charge in [0.2, 0.25) is 15.9 Å². The summed E-state index contributed by atoms with van der Waals surface area (Å²) in [6.45, 7) is -0.482. The fourth-order valence-electron chi connectivity index (χ4n) is 2.88. The second-order valence-electron chi connectivity index (χ2n) is 6.70. The van der Waals surface area contributed by atoms with Gasteiger partial charge in [0.05, 0.1) is 17.1 Å². The van der Waals surface area contributed by atoms with Crippen molar-refractivity contribution in [3.63, 3.8) is 0 Å². The molecule has 3 rings (SSSR count). The Morgan fingerprint density at radius 3 is 2.29 bits per heavy atom. The SMILES string of the molecule is O=C(CN(CCc1ccccc1)S(=O)(=O)c1ccc(Br)cc1)Nc1ccc(F)cc1F. The predicted molar refractivity (Wildman–Crippen MR) is 118 cm³/mol. The minimum absolute atomic E-state index is 0.0320. The Bertz CT molecular complexity index is 1160. The van der Waals surface area contributed by atoms with E-state index in [-0.39, 0.29) is 17.1 Å². The van der Waals surface area contributed by atoms with E-state index >= 15 is 0 Å². The van der Waals surface area contributed by atoms with Crippen molar-refractivity contribution >= 4 is 37.5 Å². The average Bonchev–Trinajstić information content (AvgIpc) is 2.74. The normalized spacial score (nSPS) is 11.5. The molecule has 1 amide bonds. The maximum atomic E-state index is 13.9. The number of halogens is 3. The van der Waals surface area contributed by atoms with E-state index in [0.29, 0.717) is 17.0 Å². The zero-order chi connectivity index (χ0) is 22.4. The fraction of sp³-hybridized carbons (Fsp3) is 0.136. The lowest BCUT2D eigenvalue weighted by Gasteiger charge is -2.22. The van der Waals surface area contributed by atoms with Gasteiger partial charge in [-0.3, -0.25) is 4.79 Å². The van der Waals surface area contributed by atoms with Crippen LogP contribution in [0.3, 0.4) is 0 Å². The third-order valence-corrected chi connectivity index (χ3v) is 6.86. The highest BCUT2D eigenvalue weighted by atomic mass is 79.9. The van der Waals surface area contributed by atoms with Crippen molar-refractivity contribution in [3.8, 4) is 0 Å². The molecule has 0 fully saturated rings. The summed E-state index contributed by atoms with van der Waals surface area (Å²) >= 11 is 3.26. The molecule has 0 bridgehead atoms. The minimum atomic E-state index is -3.99. The molecule has 0 saturated heterocycles. The van der Waals surface area contributed by atoms with Crippen LogP contribution in [0.1, 0.15) is 5.56 Å². The summed E-state index contributed by atoms with van der Waals surface area (Å²) < 4.78 is 55.0. The third kappa shape index (κ3) is 6.19. The number of rotatable bonds is 8. The highest BCUT2D eigenvalue weighted by Crippen LogP contribution is 2.20. The molecule has 0 aliphatic rings. The van der Waals surface area contributed by atoms with Crippen LogP contribution in [0.2, 0.25) is 0 Å². The molecule has 31 heavy (non-hydrogen) atoms. The lowest BCUT2D eigenvalue weighted by Crippen LogP contribution is -2.39. The molecule has 0 spiro atoms. The van der Waals surface area contributed by atoms with Crippen LogP contribution in [-0.4, -0.2) is 31.7 Å². The highest BCUT2D eigenvalue weighted by molar-refractivity contribution is 9.10. The first-order valence-corrected chi connectivity index (χ1v) is 11.5. The molecule has 5 nitrogen and oxygen atoms in total. The van der Waals surface area contributed by atoms with E-state index in [4.69, 9.17) is 0 Å². The van der Waals surface area contributed by atoms with Gasteiger partial charge in [-0.25, -0.2) is 17.2 Å². The smallest absolute Gasteiger partial charge is 0.243 e. The number of carbonyl (C=O) groups excluding carboxylic acids is 1. The van der Waals surface area contributed by atoms with E-state index in [1.165, 1.54) is 12.1 Å². The Hall–Kier alpha value is -2.62. The van der Waals surface area contributed by atoms with Gasteiger partial charge in [0.15, 0.2) is 0 Å². The van der Waals surface area contributed by atoms with Crippen LogP contribution in [-0.2, 0) is 21.2 Å². The molecule has 0 aromatic heterocycles. The summed E-state index contributed by atoms with van der Waals surface area (Å²) in [5.74, 6) is -2.46. The third-order valence-electron chi connectivity index (χ3n) is 4.47.